The van der Waals surface area contributed by atoms with Crippen LogP contribution in [0, 0.1) is 0 Å². The summed E-state index contributed by atoms with van der Waals surface area (Å²) in [7, 11) is 0. The first-order valence-electron chi connectivity index (χ1n) is 6.81. The van der Waals surface area contributed by atoms with Gasteiger partial charge in [0.15, 0.2) is 0 Å². The number of hydrogen-bond donors (Lipinski definition) is 2. The Morgan fingerprint density at radius 3 is 2.96 bits per heavy atom. The SMILES string of the molecule is C[I-]C(CCO)(C(=O)Oc1c2c3oc1cc3C(=O)O2)C1NI1C. The van der Waals surface area contributed by atoms with E-state index in [1.54, 1.807) is 6.07 Å². The van der Waals surface area contributed by atoms with Crippen LogP contribution < -0.4 is 34.2 Å². The topological polar surface area (TPSA) is 108 Å². The van der Waals surface area contributed by atoms with E-state index in [2.05, 4.69) is 8.46 Å². The Bertz CT molecular complexity index is 804. The zero-order valence-electron chi connectivity index (χ0n) is 12.3. The third-order valence-electron chi connectivity index (χ3n) is 4.08. The van der Waals surface area contributed by atoms with Crippen molar-refractivity contribution in [1.82, 2.24) is 3.53 Å². The summed E-state index contributed by atoms with van der Waals surface area (Å²) in [4.78, 5) is 28.7. The maximum absolute atomic E-state index is 12.9. The number of ether oxygens (including phenoxy) is 2. The number of nitrogens with one attached hydrogen (secondary N) is 1. The summed E-state index contributed by atoms with van der Waals surface area (Å²) < 4.78 is 19.1. The molecule has 7 nitrogen and oxygen atoms in total. The first-order valence-corrected chi connectivity index (χ1v) is 14.5. The molecule has 2 aromatic rings. The van der Waals surface area contributed by atoms with Crippen LogP contribution in [0.25, 0.3) is 11.2 Å². The molecule has 9 heteroatoms. The maximum atomic E-state index is 12.9. The molecule has 2 unspecified atom stereocenters. The quantitative estimate of drug-likeness (QED) is 0.0833. The molecule has 1 saturated heterocycles. The zero-order valence-corrected chi connectivity index (χ0v) is 16.6. The number of fused-ring (bicyclic) bond motifs is 1. The molecule has 2 aromatic heterocycles. The third-order valence-corrected chi connectivity index (χ3v) is 13.0. The van der Waals surface area contributed by atoms with Gasteiger partial charge in [0.05, 0.1) is 0 Å². The van der Waals surface area contributed by atoms with E-state index in [0.29, 0.717) is 23.2 Å². The van der Waals surface area contributed by atoms with Crippen molar-refractivity contribution < 1.29 is 49.8 Å². The molecule has 2 aliphatic heterocycles. The van der Waals surface area contributed by atoms with Crippen LogP contribution in [0.2, 0.25) is 0 Å². The fraction of sp³-hybridized carbons (Fsp3) is 0.429. The number of carbonyl (C=O) groups is 2. The van der Waals surface area contributed by atoms with Gasteiger partial charge < -0.3 is 0 Å². The number of rotatable bonds is 6. The first kappa shape index (κ1) is 15.8. The molecule has 126 valence electrons. The van der Waals surface area contributed by atoms with Gasteiger partial charge in [-0.2, -0.15) is 0 Å². The number of esters is 2. The molecule has 4 rings (SSSR count). The summed E-state index contributed by atoms with van der Waals surface area (Å²) >= 11 is -1.79. The summed E-state index contributed by atoms with van der Waals surface area (Å²) in [6, 6.07) is 1.54. The van der Waals surface area contributed by atoms with Crippen molar-refractivity contribution in [2.75, 3.05) is 16.5 Å². The van der Waals surface area contributed by atoms with Crippen molar-refractivity contribution in [3.05, 3.63) is 11.6 Å². The Labute approximate surface area is 149 Å². The fourth-order valence-electron chi connectivity index (χ4n) is 2.79. The van der Waals surface area contributed by atoms with Crippen LogP contribution in [0.15, 0.2) is 10.5 Å². The van der Waals surface area contributed by atoms with E-state index >= 15 is 0 Å². The van der Waals surface area contributed by atoms with Crippen molar-refractivity contribution in [2.24, 2.45) is 0 Å². The van der Waals surface area contributed by atoms with Gasteiger partial charge in [0.1, 0.15) is 0 Å². The van der Waals surface area contributed by atoms with Crippen LogP contribution in [0.5, 0.6) is 11.5 Å². The summed E-state index contributed by atoms with van der Waals surface area (Å²) in [5.41, 5.74) is 1.08. The molecule has 23 heavy (non-hydrogen) atoms. The Morgan fingerprint density at radius 2 is 2.35 bits per heavy atom. The van der Waals surface area contributed by atoms with Gasteiger partial charge in [-0.3, -0.25) is 0 Å². The van der Waals surface area contributed by atoms with Gasteiger partial charge in [-0.1, -0.05) is 0 Å². The number of hydrogen-bond acceptors (Lipinski definition) is 7. The van der Waals surface area contributed by atoms with E-state index < -0.39 is 50.7 Å². The number of alkyl halides is 4. The van der Waals surface area contributed by atoms with E-state index in [4.69, 9.17) is 13.9 Å². The van der Waals surface area contributed by atoms with E-state index in [1.165, 1.54) is 0 Å². The Kier molecular flexibility index (Phi) is 3.74. The molecule has 1 fully saturated rings. The van der Waals surface area contributed by atoms with Crippen LogP contribution in [0.3, 0.4) is 0 Å². The second kappa shape index (κ2) is 5.43. The minimum absolute atomic E-state index is 0.0553. The first-order chi connectivity index (χ1) is 11.0. The molecule has 0 aliphatic carbocycles. The van der Waals surface area contributed by atoms with Gasteiger partial charge in [-0.15, -0.1) is 0 Å². The standard InChI is InChI=1S/C14H14I2NO6/c1-15-14(3-4-18,12-16(2)17-12)13(20)23-9-7-5-6-8(21-7)10(9)22-11(6)19/h5,12,17-18H,3-4H2,1-2H3/q-1. The van der Waals surface area contributed by atoms with Gasteiger partial charge in [0.2, 0.25) is 0 Å². The number of carbonyl (C=O) groups excluding carboxylic acids is 2. The van der Waals surface area contributed by atoms with Gasteiger partial charge >= 0.3 is 150 Å². The molecule has 0 amide bonds. The van der Waals surface area contributed by atoms with Gasteiger partial charge in [-0.25, -0.2) is 0 Å². The minimum atomic E-state index is -1.28. The molecule has 0 saturated carbocycles. The van der Waals surface area contributed by atoms with Crippen molar-refractivity contribution in [3.8, 4) is 11.5 Å². The van der Waals surface area contributed by atoms with Crippen LogP contribution in [0.1, 0.15) is 16.8 Å². The number of furan rings is 2. The van der Waals surface area contributed by atoms with Crippen molar-refractivity contribution in [1.29, 1.82) is 0 Å². The van der Waals surface area contributed by atoms with Crippen LogP contribution in [-0.2, 0) is 4.79 Å². The Balaban J connectivity index is 1.65. The molecule has 0 radical (unpaired) electrons. The number of aliphatic hydroxyl groups excluding tert-OH is 1. The van der Waals surface area contributed by atoms with Crippen molar-refractivity contribution in [2.45, 2.75) is 13.9 Å². The van der Waals surface area contributed by atoms with E-state index in [1.807, 2.05) is 4.93 Å². The second-order valence-electron chi connectivity index (χ2n) is 5.30. The fourth-order valence-corrected chi connectivity index (χ4v) is 14.2. The monoisotopic (exact) mass is 546 g/mol. The van der Waals surface area contributed by atoms with E-state index in [9.17, 15) is 14.7 Å². The molecule has 4 heterocycles. The normalized spacial score (nSPS) is 23.3. The van der Waals surface area contributed by atoms with E-state index in [-0.39, 0.29) is 28.1 Å². The predicted octanol–water partition coefficient (Wildman–Crippen LogP) is -1.87. The van der Waals surface area contributed by atoms with Crippen LogP contribution >= 0.6 is 20.1 Å². The zero-order chi connectivity index (χ0) is 16.4. The van der Waals surface area contributed by atoms with Gasteiger partial charge in [0.25, 0.3) is 0 Å². The molecule has 2 aliphatic rings. The molecular formula is C14H14I2NO6-. The average molecular weight is 546 g/mol. The third kappa shape index (κ3) is 2.19. The number of aliphatic hydroxyl groups is 1. The Morgan fingerprint density at radius 1 is 1.61 bits per heavy atom. The predicted molar refractivity (Wildman–Crippen MR) is 85.2 cm³/mol. The summed E-state index contributed by atoms with van der Waals surface area (Å²) in [5, 5.41) is 9.43. The molecule has 2 atom stereocenters. The van der Waals surface area contributed by atoms with Crippen molar-refractivity contribution >= 4 is 43.2 Å². The molecule has 0 spiro atoms. The molecular weight excluding hydrogens is 532 g/mol. The molecule has 0 aromatic carbocycles. The van der Waals surface area contributed by atoms with Crippen LogP contribution in [0.4, 0.5) is 0 Å². The number of halogens is 2. The summed E-state index contributed by atoms with van der Waals surface area (Å²) in [6.07, 6.45) is 0.394. The second-order valence-corrected chi connectivity index (χ2v) is 13.1. The van der Waals surface area contributed by atoms with Crippen molar-refractivity contribution in [3.63, 3.8) is 0 Å². The molecule has 2 bridgehead atoms. The number of benzene rings is 1. The Hall–Kier alpha value is -0.660. The summed E-state index contributed by atoms with van der Waals surface area (Å²) in [5.74, 6) is -0.438. The van der Waals surface area contributed by atoms with E-state index in [0.717, 1.165) is 0 Å². The van der Waals surface area contributed by atoms with Crippen LogP contribution in [-0.4, -0.2) is 41.0 Å². The van der Waals surface area contributed by atoms with Gasteiger partial charge in [-0.05, 0) is 0 Å². The summed E-state index contributed by atoms with van der Waals surface area (Å²) in [6.45, 7) is -0.0553. The molecule has 2 N–H and O–H groups in total. The average Bonchev–Trinajstić information content (AvgIpc) is 2.91. The van der Waals surface area contributed by atoms with Gasteiger partial charge in [0, 0.05) is 0 Å².